The Morgan fingerprint density at radius 3 is 2.16 bits per heavy atom. The fourth-order valence-corrected chi connectivity index (χ4v) is 10.4. The van der Waals surface area contributed by atoms with E-state index in [-0.39, 0.29) is 23.5 Å². The Morgan fingerprint density at radius 2 is 1.68 bits per heavy atom. The Morgan fingerprint density at radius 1 is 1.10 bits per heavy atom. The Hall–Kier alpha value is -0.476. The largest absolute Gasteiger partial charge is 0.460 e. The van der Waals surface area contributed by atoms with Crippen molar-refractivity contribution in [2.75, 3.05) is 19.8 Å². The van der Waals surface area contributed by atoms with Crippen molar-refractivity contribution in [2.45, 2.75) is 116 Å². The van der Waals surface area contributed by atoms with E-state index < -0.39 is 28.5 Å². The zero-order valence-corrected chi connectivity index (χ0v) is 24.0. The molecule has 2 atom stereocenters. The minimum absolute atomic E-state index is 0.0663. The summed E-state index contributed by atoms with van der Waals surface area (Å²) in [5, 5.41) is 9.99. The number of aliphatic hydroxyl groups excluding tert-OH is 1. The van der Waals surface area contributed by atoms with Gasteiger partial charge in [0.25, 0.3) is 0 Å². The van der Waals surface area contributed by atoms with Crippen molar-refractivity contribution < 1.29 is 23.8 Å². The molecule has 0 rings (SSSR count). The third kappa shape index (κ3) is 9.50. The molecule has 184 valence electrons. The first-order chi connectivity index (χ1) is 14.0. The molecule has 0 heterocycles. The van der Waals surface area contributed by atoms with E-state index in [4.69, 9.17) is 13.9 Å². The number of rotatable bonds is 16. The van der Waals surface area contributed by atoms with Crippen molar-refractivity contribution >= 4 is 22.4 Å². The normalized spacial score (nSPS) is 16.0. The van der Waals surface area contributed by atoms with Crippen LogP contribution in [0.5, 0.6) is 0 Å². The number of aliphatic hydroxyl groups is 1. The molecule has 0 fully saturated rings. The van der Waals surface area contributed by atoms with Gasteiger partial charge in [0, 0.05) is 17.4 Å². The van der Waals surface area contributed by atoms with Crippen LogP contribution in [0.15, 0.2) is 12.2 Å². The van der Waals surface area contributed by atoms with E-state index in [1.807, 2.05) is 0 Å². The van der Waals surface area contributed by atoms with Crippen LogP contribution in [0.25, 0.3) is 0 Å². The lowest BCUT2D eigenvalue weighted by Gasteiger charge is -2.51. The Labute approximate surface area is 194 Å². The number of ether oxygens (including phenoxy) is 2. The second-order valence-electron chi connectivity index (χ2n) is 10.9. The molecule has 31 heavy (non-hydrogen) atoms. The molecular weight excluding hydrogens is 424 g/mol. The van der Waals surface area contributed by atoms with Crippen LogP contribution < -0.4 is 0 Å². The monoisotopic (exact) mass is 474 g/mol. The molecule has 0 aliphatic rings. The summed E-state index contributed by atoms with van der Waals surface area (Å²) in [4.78, 5) is 11.4. The molecule has 0 aliphatic heterocycles. The summed E-state index contributed by atoms with van der Waals surface area (Å²) in [7, 11) is -3.58. The van der Waals surface area contributed by atoms with E-state index in [1.165, 1.54) is 18.9 Å². The molecule has 2 unspecified atom stereocenters. The van der Waals surface area contributed by atoms with Crippen LogP contribution in [-0.2, 0) is 18.7 Å². The molecular formula is C24H50O5Si2. The predicted octanol–water partition coefficient (Wildman–Crippen LogP) is 6.09. The van der Waals surface area contributed by atoms with Gasteiger partial charge < -0.3 is 19.0 Å². The highest BCUT2D eigenvalue weighted by Gasteiger charge is 2.50. The average Bonchev–Trinajstić information content (AvgIpc) is 2.66. The molecule has 7 heteroatoms. The average molecular weight is 475 g/mol. The van der Waals surface area contributed by atoms with Crippen LogP contribution in [0, 0.1) is 0 Å². The minimum atomic E-state index is -2.05. The van der Waals surface area contributed by atoms with Crippen LogP contribution in [0.2, 0.25) is 37.3 Å². The quantitative estimate of drug-likeness (QED) is 0.127. The molecule has 0 bridgehead atoms. The lowest BCUT2D eigenvalue weighted by Crippen LogP contribution is -2.59. The van der Waals surface area contributed by atoms with Gasteiger partial charge in [-0.2, -0.15) is 0 Å². The zero-order chi connectivity index (χ0) is 24.5. The Balaban J connectivity index is 4.86. The van der Waals surface area contributed by atoms with Crippen LogP contribution in [0.1, 0.15) is 67.2 Å². The highest BCUT2D eigenvalue weighted by Crippen LogP contribution is 2.48. The van der Waals surface area contributed by atoms with Gasteiger partial charge in [0.2, 0.25) is 0 Å². The van der Waals surface area contributed by atoms with Gasteiger partial charge in [-0.25, -0.2) is 4.79 Å². The summed E-state index contributed by atoms with van der Waals surface area (Å²) in [6.45, 7) is 26.8. The van der Waals surface area contributed by atoms with Crippen molar-refractivity contribution in [1.29, 1.82) is 0 Å². The van der Waals surface area contributed by atoms with E-state index >= 15 is 0 Å². The maximum absolute atomic E-state index is 11.4. The van der Waals surface area contributed by atoms with E-state index in [0.717, 1.165) is 12.8 Å². The lowest BCUT2D eigenvalue weighted by atomic mass is 10.0. The van der Waals surface area contributed by atoms with Gasteiger partial charge in [-0.15, -0.1) is 0 Å². The van der Waals surface area contributed by atoms with Gasteiger partial charge in [0.1, 0.15) is 12.7 Å². The first-order valence-corrected chi connectivity index (χ1v) is 18.0. The topological polar surface area (TPSA) is 65.0 Å². The molecule has 0 radical (unpaired) electrons. The van der Waals surface area contributed by atoms with Gasteiger partial charge in [-0.1, -0.05) is 65.8 Å². The zero-order valence-electron chi connectivity index (χ0n) is 22.0. The van der Waals surface area contributed by atoms with Gasteiger partial charge >= 0.3 is 5.97 Å². The summed E-state index contributed by atoms with van der Waals surface area (Å²) < 4.78 is 17.8. The summed E-state index contributed by atoms with van der Waals surface area (Å²) in [5.74, 6) is -0.490. The first kappa shape index (κ1) is 30.5. The highest BCUT2D eigenvalue weighted by atomic mass is 28.4. The minimum Gasteiger partial charge on any atom is -0.460 e. The molecule has 0 aliphatic carbocycles. The Bertz CT molecular complexity index is 574. The molecule has 5 nitrogen and oxygen atoms in total. The maximum Gasteiger partial charge on any atom is 0.333 e. The number of hydrogen-bond acceptors (Lipinski definition) is 5. The standard InChI is InChI=1S/C24H50O5Si2/c1-12-14-17-30(8,9)23(5,6)29-31(10,11)24(7,13-2)15-16-27-18-21(25)19-28-22(26)20(3)4/h21,25H,3,12-19H2,1-2,4-11H3. The highest BCUT2D eigenvalue weighted by molar-refractivity contribution is 6.82. The van der Waals surface area contributed by atoms with E-state index in [2.05, 4.69) is 67.4 Å². The summed E-state index contributed by atoms with van der Waals surface area (Å²) in [5.41, 5.74) is 0.322. The van der Waals surface area contributed by atoms with E-state index in [0.29, 0.717) is 12.2 Å². The number of carbonyl (C=O) groups excluding carboxylic acids is 1. The molecule has 0 spiro atoms. The molecule has 0 saturated carbocycles. The third-order valence-electron chi connectivity index (χ3n) is 7.39. The number of hydrogen-bond donors (Lipinski definition) is 1. The van der Waals surface area contributed by atoms with Crippen LogP contribution >= 0.6 is 0 Å². The second-order valence-corrected chi connectivity index (χ2v) is 20.8. The lowest BCUT2D eigenvalue weighted by molar-refractivity contribution is -0.143. The van der Waals surface area contributed by atoms with Gasteiger partial charge in [0.15, 0.2) is 8.32 Å². The van der Waals surface area contributed by atoms with E-state index in [9.17, 15) is 9.90 Å². The predicted molar refractivity (Wildman–Crippen MR) is 136 cm³/mol. The fourth-order valence-electron chi connectivity index (χ4n) is 3.58. The first-order valence-electron chi connectivity index (χ1n) is 11.8. The van der Waals surface area contributed by atoms with Crippen LogP contribution in [0.3, 0.4) is 0 Å². The maximum atomic E-state index is 11.4. The van der Waals surface area contributed by atoms with Crippen LogP contribution in [0.4, 0.5) is 0 Å². The fraction of sp³-hybridized carbons (Fsp3) is 0.875. The SMILES string of the molecule is C=C(C)C(=O)OCC(O)COCCC(C)(CC)[Si](C)(C)OC(C)(C)[Si](C)(C)CCCC. The number of esters is 1. The van der Waals surface area contributed by atoms with Gasteiger partial charge in [-0.3, -0.25) is 0 Å². The summed E-state index contributed by atoms with van der Waals surface area (Å²) in [6.07, 6.45) is 3.59. The molecule has 0 aromatic rings. The summed E-state index contributed by atoms with van der Waals surface area (Å²) in [6, 6.07) is 1.29. The van der Waals surface area contributed by atoms with Crippen molar-refractivity contribution in [3.8, 4) is 0 Å². The van der Waals surface area contributed by atoms with Crippen molar-refractivity contribution in [2.24, 2.45) is 0 Å². The van der Waals surface area contributed by atoms with Crippen molar-refractivity contribution in [3.63, 3.8) is 0 Å². The van der Waals surface area contributed by atoms with Crippen molar-refractivity contribution in [1.82, 2.24) is 0 Å². The molecule has 0 aromatic heterocycles. The second kappa shape index (κ2) is 12.7. The van der Waals surface area contributed by atoms with E-state index in [1.54, 1.807) is 6.92 Å². The van der Waals surface area contributed by atoms with Gasteiger partial charge in [0.05, 0.1) is 14.7 Å². The smallest absolute Gasteiger partial charge is 0.333 e. The summed E-state index contributed by atoms with van der Waals surface area (Å²) >= 11 is 0. The van der Waals surface area contributed by atoms with Crippen LogP contribution in [-0.4, -0.2) is 58.6 Å². The number of carbonyl (C=O) groups is 1. The molecule has 0 amide bonds. The molecule has 0 saturated heterocycles. The molecule has 0 aromatic carbocycles. The van der Waals surface area contributed by atoms with Crippen molar-refractivity contribution in [3.05, 3.63) is 12.2 Å². The Kier molecular flexibility index (Phi) is 12.5. The van der Waals surface area contributed by atoms with Gasteiger partial charge in [-0.05, 0) is 45.3 Å². The number of unbranched alkanes of at least 4 members (excludes halogenated alkanes) is 1. The molecule has 1 N–H and O–H groups in total. The third-order valence-corrected chi connectivity index (χ3v) is 17.1.